The summed E-state index contributed by atoms with van der Waals surface area (Å²) in [5.41, 5.74) is 4.95. The summed E-state index contributed by atoms with van der Waals surface area (Å²) in [6.07, 6.45) is 7.83. The Balaban J connectivity index is 1.20. The number of carbonyl (C=O) groups excluding carboxylic acids is 1. The number of aryl methyl sites for hydroxylation is 1. The van der Waals surface area contributed by atoms with Gasteiger partial charge in [-0.05, 0) is 78.7 Å². The Labute approximate surface area is 234 Å². The van der Waals surface area contributed by atoms with Crippen LogP contribution in [0.3, 0.4) is 0 Å². The first kappa shape index (κ1) is 25.4. The van der Waals surface area contributed by atoms with Gasteiger partial charge in [0.15, 0.2) is 11.3 Å². The van der Waals surface area contributed by atoms with E-state index in [2.05, 4.69) is 26.4 Å². The van der Waals surface area contributed by atoms with Crippen molar-refractivity contribution in [2.45, 2.75) is 19.9 Å². The highest BCUT2D eigenvalue weighted by atomic mass is 32.1. The number of hydrogen-bond acceptors (Lipinski definition) is 9. The van der Waals surface area contributed by atoms with Crippen LogP contribution in [0.2, 0.25) is 0 Å². The molecule has 0 spiro atoms. The van der Waals surface area contributed by atoms with E-state index in [1.54, 1.807) is 40.6 Å². The van der Waals surface area contributed by atoms with Crippen LogP contribution in [0.15, 0.2) is 60.5 Å². The second-order valence-electron chi connectivity index (χ2n) is 9.67. The Morgan fingerprint density at radius 1 is 1.26 bits per heavy atom. The van der Waals surface area contributed by atoms with E-state index in [-0.39, 0.29) is 5.91 Å². The number of nitrogens with one attached hydrogen (secondary N) is 1. The van der Waals surface area contributed by atoms with Gasteiger partial charge in [0.1, 0.15) is 22.7 Å². The zero-order chi connectivity index (χ0) is 26.9. The first-order valence-electron chi connectivity index (χ1n) is 12.6. The third kappa shape index (κ3) is 5.33. The zero-order valence-electron chi connectivity index (χ0n) is 21.9. The number of aromatic nitrogens is 4. The van der Waals surface area contributed by atoms with Crippen molar-refractivity contribution in [1.29, 1.82) is 0 Å². The summed E-state index contributed by atoms with van der Waals surface area (Å²) >= 11 is 3.22. The predicted octanol–water partition coefficient (Wildman–Crippen LogP) is 4.73. The second-order valence-corrected chi connectivity index (χ2v) is 11.6. The average Bonchev–Trinajstić information content (AvgIpc) is 3.54. The minimum atomic E-state index is 0.0484. The maximum absolute atomic E-state index is 12.7. The number of ether oxygens (including phenoxy) is 1. The lowest BCUT2D eigenvalue weighted by Gasteiger charge is -2.26. The molecule has 9 nitrogen and oxygen atoms in total. The summed E-state index contributed by atoms with van der Waals surface area (Å²) in [5.74, 6) is 2.33. The molecular weight excluding hydrogens is 530 g/mol. The number of thiophene rings is 1. The van der Waals surface area contributed by atoms with Crippen molar-refractivity contribution >= 4 is 55.1 Å². The van der Waals surface area contributed by atoms with E-state index in [9.17, 15) is 4.79 Å². The molecule has 39 heavy (non-hydrogen) atoms. The number of carbonyl (C=O) groups is 1. The molecule has 0 aliphatic carbocycles. The fourth-order valence-corrected chi connectivity index (χ4v) is 6.43. The Morgan fingerprint density at radius 2 is 2.15 bits per heavy atom. The highest BCUT2D eigenvalue weighted by molar-refractivity contribution is 7.19. The van der Waals surface area contributed by atoms with E-state index in [0.717, 1.165) is 56.6 Å². The fraction of sp³-hybridized carbons (Fsp3) is 0.250. The molecule has 0 saturated heterocycles. The van der Waals surface area contributed by atoms with Crippen molar-refractivity contribution in [3.8, 4) is 11.5 Å². The smallest absolute Gasteiger partial charge is 0.295 e. The summed E-state index contributed by atoms with van der Waals surface area (Å²) < 4.78 is 7.95. The topological polar surface area (TPSA) is 87.6 Å². The second kappa shape index (κ2) is 10.7. The minimum Gasteiger partial charge on any atom is -0.451 e. The minimum absolute atomic E-state index is 0.0484. The third-order valence-corrected chi connectivity index (χ3v) is 8.44. The monoisotopic (exact) mass is 558 g/mol. The summed E-state index contributed by atoms with van der Waals surface area (Å²) in [4.78, 5) is 28.9. The number of hydrogen-bond donors (Lipinski definition) is 1. The largest absolute Gasteiger partial charge is 0.451 e. The fourth-order valence-electron chi connectivity index (χ4n) is 4.62. The van der Waals surface area contributed by atoms with Crippen LogP contribution >= 0.6 is 22.7 Å². The lowest BCUT2D eigenvalue weighted by atomic mass is 10.0. The molecule has 5 heterocycles. The number of amides is 1. The molecule has 1 aliphatic heterocycles. The molecule has 5 aromatic rings. The molecular formula is C28H28N7O2S2+. The Hall–Kier alpha value is -3.93. The summed E-state index contributed by atoms with van der Waals surface area (Å²) in [5, 5.41) is 8.84. The van der Waals surface area contributed by atoms with E-state index in [1.165, 1.54) is 10.4 Å². The van der Waals surface area contributed by atoms with Crippen molar-refractivity contribution in [2.24, 2.45) is 0 Å². The zero-order valence-corrected chi connectivity index (χ0v) is 23.6. The van der Waals surface area contributed by atoms with Crippen LogP contribution in [0.5, 0.6) is 11.5 Å². The summed E-state index contributed by atoms with van der Waals surface area (Å²) in [6.45, 7) is 4.04. The lowest BCUT2D eigenvalue weighted by molar-refractivity contribution is -0.576. The molecule has 0 unspecified atom stereocenters. The summed E-state index contributed by atoms with van der Waals surface area (Å²) in [7, 11) is 3.97. The first-order valence-corrected chi connectivity index (χ1v) is 14.3. The molecule has 4 aromatic heterocycles. The molecule has 0 fully saturated rings. The standard InChI is InChI=1S/C28H28N7O2S2/c1-18-13-19(6-8-22(18)37-20-7-9-25-35(14-20)31-17-38-25)32-27-26-21-10-12-34(24(36)5-4-11-33(2)3)15-23(21)39-28(26)30-16-29-27/h4-9,13-14,16-17H,10-12,15H2,1-3H3,(H,29,30,32)/q+1/b5-4+. The Bertz CT molecular complexity index is 1710. The first-order chi connectivity index (χ1) is 18.9. The van der Waals surface area contributed by atoms with Crippen LogP contribution < -0.4 is 14.6 Å². The van der Waals surface area contributed by atoms with Gasteiger partial charge in [-0.1, -0.05) is 6.08 Å². The van der Waals surface area contributed by atoms with E-state index >= 15 is 0 Å². The van der Waals surface area contributed by atoms with Crippen LogP contribution in [-0.4, -0.2) is 58.0 Å². The van der Waals surface area contributed by atoms with Crippen LogP contribution in [-0.2, 0) is 17.8 Å². The van der Waals surface area contributed by atoms with Gasteiger partial charge in [0, 0.05) is 40.9 Å². The predicted molar refractivity (Wildman–Crippen MR) is 154 cm³/mol. The number of benzene rings is 1. The number of nitrogens with zero attached hydrogens (tertiary/aromatic N) is 6. The lowest BCUT2D eigenvalue weighted by Crippen LogP contribution is -2.34. The average molecular weight is 559 g/mol. The molecule has 1 N–H and O–H groups in total. The maximum Gasteiger partial charge on any atom is 0.295 e. The molecule has 0 radical (unpaired) electrons. The highest BCUT2D eigenvalue weighted by Crippen LogP contribution is 2.38. The van der Waals surface area contributed by atoms with Gasteiger partial charge in [0.05, 0.1) is 11.9 Å². The summed E-state index contributed by atoms with van der Waals surface area (Å²) in [6, 6.07) is 9.95. The van der Waals surface area contributed by atoms with Crippen LogP contribution in [0.4, 0.5) is 11.5 Å². The maximum atomic E-state index is 12.7. The van der Waals surface area contributed by atoms with E-state index in [1.807, 2.05) is 71.9 Å². The molecule has 11 heteroatoms. The number of likely N-dealkylation sites (N-methyl/N-ethyl adjacent to an activating group) is 1. The van der Waals surface area contributed by atoms with Crippen LogP contribution in [0, 0.1) is 6.92 Å². The normalized spacial score (nSPS) is 13.5. The van der Waals surface area contributed by atoms with Crippen LogP contribution in [0.1, 0.15) is 16.0 Å². The van der Waals surface area contributed by atoms with Crippen LogP contribution in [0.25, 0.3) is 15.0 Å². The Morgan fingerprint density at radius 3 is 3.00 bits per heavy atom. The van der Waals surface area contributed by atoms with Gasteiger partial charge in [-0.25, -0.2) is 9.97 Å². The van der Waals surface area contributed by atoms with Crippen molar-refractivity contribution in [3.63, 3.8) is 0 Å². The van der Waals surface area contributed by atoms with Gasteiger partial charge in [-0.3, -0.25) is 4.79 Å². The molecule has 0 atom stereocenters. The van der Waals surface area contributed by atoms with Gasteiger partial charge in [-0.15, -0.1) is 11.3 Å². The van der Waals surface area contributed by atoms with Crippen molar-refractivity contribution in [2.75, 3.05) is 32.5 Å². The van der Waals surface area contributed by atoms with Gasteiger partial charge in [0.25, 0.3) is 4.83 Å². The number of rotatable bonds is 7. The molecule has 1 amide bonds. The molecule has 1 aromatic carbocycles. The highest BCUT2D eigenvalue weighted by Gasteiger charge is 2.25. The quantitative estimate of drug-likeness (QED) is 0.228. The van der Waals surface area contributed by atoms with Gasteiger partial charge in [0.2, 0.25) is 12.1 Å². The molecule has 198 valence electrons. The SMILES string of the molecule is Cc1cc(Nc2ncnc3sc4c(c23)CCN(C(=O)/C=C/CN(C)C)C4)ccc1Oc1ccc2scn[n+]2c1. The molecule has 6 rings (SSSR count). The number of anilines is 2. The number of pyridine rings is 1. The van der Waals surface area contributed by atoms with E-state index < -0.39 is 0 Å². The van der Waals surface area contributed by atoms with Crippen molar-refractivity contribution < 1.29 is 14.0 Å². The molecule has 0 bridgehead atoms. The number of fused-ring (bicyclic) bond motifs is 4. The van der Waals surface area contributed by atoms with Crippen molar-refractivity contribution in [1.82, 2.24) is 24.9 Å². The van der Waals surface area contributed by atoms with E-state index in [0.29, 0.717) is 13.1 Å². The molecule has 1 aliphatic rings. The molecule has 0 saturated carbocycles. The van der Waals surface area contributed by atoms with Crippen molar-refractivity contribution in [3.05, 3.63) is 76.5 Å². The van der Waals surface area contributed by atoms with Gasteiger partial charge >= 0.3 is 0 Å². The van der Waals surface area contributed by atoms with E-state index in [4.69, 9.17) is 4.74 Å². The Kier molecular flexibility index (Phi) is 6.94. The third-order valence-electron chi connectivity index (χ3n) is 6.56. The van der Waals surface area contributed by atoms with Gasteiger partial charge < -0.3 is 19.9 Å². The van der Waals surface area contributed by atoms with Gasteiger partial charge in [-0.2, -0.15) is 0 Å².